The molecule has 12 heteroatoms. The van der Waals surface area contributed by atoms with E-state index in [1.54, 1.807) is 6.20 Å². The van der Waals surface area contributed by atoms with Gasteiger partial charge in [-0.05, 0) is 38.2 Å². The van der Waals surface area contributed by atoms with E-state index in [1.807, 2.05) is 9.80 Å². The van der Waals surface area contributed by atoms with Crippen molar-refractivity contribution in [3.63, 3.8) is 0 Å². The van der Waals surface area contributed by atoms with E-state index in [9.17, 15) is 27.3 Å². The van der Waals surface area contributed by atoms with Crippen molar-refractivity contribution in [1.82, 2.24) is 14.9 Å². The molecule has 2 saturated heterocycles. The van der Waals surface area contributed by atoms with Crippen molar-refractivity contribution in [2.75, 3.05) is 36.1 Å². The maximum absolute atomic E-state index is 14.6. The molecule has 186 valence electrons. The van der Waals surface area contributed by atoms with Crippen molar-refractivity contribution in [3.05, 3.63) is 41.9 Å². The van der Waals surface area contributed by atoms with Gasteiger partial charge in [-0.25, -0.2) is 27.2 Å². The van der Waals surface area contributed by atoms with Crippen molar-refractivity contribution < 1.29 is 22.0 Å². The summed E-state index contributed by atoms with van der Waals surface area (Å²) in [6, 6.07) is 2.71. The van der Waals surface area contributed by atoms with Crippen molar-refractivity contribution in [2.45, 2.75) is 49.1 Å². The van der Waals surface area contributed by atoms with Gasteiger partial charge in [0, 0.05) is 50.4 Å². The second-order valence-corrected chi connectivity index (χ2v) is 10.8. The summed E-state index contributed by atoms with van der Waals surface area (Å²) in [6.07, 6.45) is 7.14. The summed E-state index contributed by atoms with van der Waals surface area (Å²) in [5.74, 6) is -1.65. The molecule has 2 aromatic rings. The summed E-state index contributed by atoms with van der Waals surface area (Å²) in [4.78, 5) is 24.8. The molecule has 1 unspecified atom stereocenters. The van der Waals surface area contributed by atoms with E-state index in [2.05, 4.69) is 21.4 Å². The van der Waals surface area contributed by atoms with Gasteiger partial charge in [-0.2, -0.15) is 5.26 Å². The molecule has 35 heavy (non-hydrogen) atoms. The van der Waals surface area contributed by atoms with Crippen LogP contribution in [0.25, 0.3) is 0 Å². The zero-order valence-corrected chi connectivity index (χ0v) is 20.1. The monoisotopic (exact) mass is 504 g/mol. The smallest absolute Gasteiger partial charge is 0.245 e. The number of amides is 1. The molecule has 2 aliphatic rings. The van der Waals surface area contributed by atoms with Crippen LogP contribution in [-0.4, -0.2) is 67.2 Å². The van der Waals surface area contributed by atoms with Gasteiger partial charge in [0.2, 0.25) is 5.91 Å². The Balaban J connectivity index is 1.47. The zero-order valence-electron chi connectivity index (χ0n) is 19.2. The van der Waals surface area contributed by atoms with Crippen LogP contribution in [0, 0.1) is 23.0 Å². The second kappa shape index (κ2) is 10.1. The van der Waals surface area contributed by atoms with Crippen LogP contribution in [0.5, 0.6) is 0 Å². The highest BCUT2D eigenvalue weighted by atomic mass is 32.2. The lowest BCUT2D eigenvalue weighted by Gasteiger charge is -2.39. The van der Waals surface area contributed by atoms with E-state index in [0.717, 1.165) is 25.2 Å². The Morgan fingerprint density at radius 1 is 1.06 bits per heavy atom. The lowest BCUT2D eigenvalue weighted by molar-refractivity contribution is -0.134. The predicted molar refractivity (Wildman–Crippen MR) is 124 cm³/mol. The highest BCUT2D eigenvalue weighted by Gasteiger charge is 2.34. The first-order chi connectivity index (χ1) is 16.7. The molecule has 4 rings (SSSR count). The lowest BCUT2D eigenvalue weighted by Crippen LogP contribution is -2.51. The van der Waals surface area contributed by atoms with Crippen LogP contribution >= 0.6 is 0 Å². The Bertz CT molecular complexity index is 1260. The maximum Gasteiger partial charge on any atom is 0.245 e. The topological polar surface area (TPSA) is 119 Å². The van der Waals surface area contributed by atoms with Gasteiger partial charge in [0.1, 0.15) is 28.6 Å². The number of nitrogens with one attached hydrogen (secondary N) is 1. The molecule has 0 spiro atoms. The number of rotatable bonds is 5. The van der Waals surface area contributed by atoms with Crippen LogP contribution in [0.4, 0.5) is 20.3 Å². The average Bonchev–Trinajstić information content (AvgIpc) is 3.02. The van der Waals surface area contributed by atoms with Crippen LogP contribution in [-0.2, 0) is 14.6 Å². The number of nitriles is 1. The number of likely N-dealkylation sites (tertiary alicyclic amines) is 1. The molecular weight excluding hydrogens is 478 g/mol. The fraction of sp³-hybridized carbons (Fsp3) is 0.478. The van der Waals surface area contributed by atoms with E-state index in [0.29, 0.717) is 50.8 Å². The molecule has 3 heterocycles. The van der Waals surface area contributed by atoms with Gasteiger partial charge >= 0.3 is 0 Å². The van der Waals surface area contributed by atoms with Crippen molar-refractivity contribution >= 4 is 27.2 Å². The van der Waals surface area contributed by atoms with E-state index >= 15 is 0 Å². The number of benzene rings is 1. The number of nitrogens with zero attached hydrogens (tertiary/aromatic N) is 5. The summed E-state index contributed by atoms with van der Waals surface area (Å²) >= 11 is 0. The molecule has 0 aliphatic carbocycles. The van der Waals surface area contributed by atoms with Gasteiger partial charge in [-0.3, -0.25) is 4.79 Å². The quantitative estimate of drug-likeness (QED) is 0.660. The number of carbonyl (C=O) groups excluding carboxylic acids is 1. The molecule has 0 radical (unpaired) electrons. The second-order valence-electron chi connectivity index (χ2n) is 8.82. The highest BCUT2D eigenvalue weighted by molar-refractivity contribution is 7.90. The van der Waals surface area contributed by atoms with Crippen molar-refractivity contribution in [3.8, 4) is 6.07 Å². The average molecular weight is 505 g/mol. The van der Waals surface area contributed by atoms with Crippen LogP contribution in [0.1, 0.15) is 37.8 Å². The maximum atomic E-state index is 14.6. The van der Waals surface area contributed by atoms with E-state index in [-0.39, 0.29) is 23.3 Å². The molecular formula is C23H26F2N6O3S. The number of halogens is 2. The highest BCUT2D eigenvalue weighted by Crippen LogP contribution is 2.28. The third-order valence-corrected chi connectivity index (χ3v) is 7.58. The minimum atomic E-state index is -3.92. The lowest BCUT2D eigenvalue weighted by atomic mass is 10.0. The first-order valence-electron chi connectivity index (χ1n) is 11.4. The number of piperidine rings is 1. The molecule has 1 N–H and O–H groups in total. The summed E-state index contributed by atoms with van der Waals surface area (Å²) < 4.78 is 52.3. The Hall–Kier alpha value is -3.33. The number of hydrogen-bond acceptors (Lipinski definition) is 8. The van der Waals surface area contributed by atoms with Gasteiger partial charge in [-0.1, -0.05) is 0 Å². The first kappa shape index (κ1) is 24.8. The van der Waals surface area contributed by atoms with E-state index in [4.69, 9.17) is 0 Å². The van der Waals surface area contributed by atoms with Crippen molar-refractivity contribution in [1.29, 1.82) is 5.26 Å². The summed E-state index contributed by atoms with van der Waals surface area (Å²) in [7, 11) is -3.92. The normalized spacial score (nSPS) is 19.8. The molecule has 0 bridgehead atoms. The summed E-state index contributed by atoms with van der Waals surface area (Å²) in [5, 5.41) is 12.1. The van der Waals surface area contributed by atoms with Crippen molar-refractivity contribution in [2.24, 2.45) is 0 Å². The number of sulfone groups is 1. The van der Waals surface area contributed by atoms with Gasteiger partial charge < -0.3 is 15.1 Å². The Morgan fingerprint density at radius 3 is 2.46 bits per heavy atom. The molecule has 0 saturated carbocycles. The minimum Gasteiger partial charge on any atom is -0.371 e. The molecule has 1 atom stereocenters. The van der Waals surface area contributed by atoms with Crippen LogP contribution in [0.2, 0.25) is 0 Å². The zero-order chi connectivity index (χ0) is 25.2. The van der Waals surface area contributed by atoms with Gasteiger partial charge in [0.05, 0.1) is 5.69 Å². The number of aromatic nitrogens is 2. The van der Waals surface area contributed by atoms with E-state index < -0.39 is 32.4 Å². The molecule has 2 fully saturated rings. The van der Waals surface area contributed by atoms with Gasteiger partial charge in [0.15, 0.2) is 21.3 Å². The summed E-state index contributed by atoms with van der Waals surface area (Å²) in [6.45, 7) is 1.78. The number of hydrogen-bond donors (Lipinski definition) is 1. The van der Waals surface area contributed by atoms with E-state index in [1.165, 1.54) is 6.20 Å². The first-order valence-corrected chi connectivity index (χ1v) is 13.3. The predicted octanol–water partition coefficient (Wildman–Crippen LogP) is 2.49. The Kier molecular flexibility index (Phi) is 7.16. The molecule has 1 aromatic carbocycles. The molecule has 1 amide bonds. The third kappa shape index (κ3) is 5.35. The SMILES string of the molecule is CS(=O)(=O)c1cc(F)c(NC2CCCCN(C3CCN(c4nccnc4C#N)CC3)C2=O)cc1F. The molecule has 1 aromatic heterocycles. The standard InChI is InChI=1S/C23H26F2N6O3S/c1-35(33,34)21-13-16(24)19(12-17(21)25)29-18-4-2-3-9-31(23(18)32)15-5-10-30(11-6-15)22-20(14-26)27-7-8-28-22/h7-8,12-13,15,18,29H,2-6,9-11H2,1H3. The third-order valence-electron chi connectivity index (χ3n) is 6.46. The van der Waals surface area contributed by atoms with Crippen LogP contribution in [0.3, 0.4) is 0 Å². The fourth-order valence-electron chi connectivity index (χ4n) is 4.70. The van der Waals surface area contributed by atoms with Crippen LogP contribution < -0.4 is 10.2 Å². The Morgan fingerprint density at radius 2 is 1.77 bits per heavy atom. The molecule has 9 nitrogen and oxygen atoms in total. The Labute approximate surface area is 202 Å². The van der Waals surface area contributed by atoms with Crippen LogP contribution in [0.15, 0.2) is 29.4 Å². The van der Waals surface area contributed by atoms with Gasteiger partial charge in [0.25, 0.3) is 0 Å². The number of anilines is 2. The fourth-order valence-corrected chi connectivity index (χ4v) is 5.43. The number of carbonyl (C=O) groups is 1. The minimum absolute atomic E-state index is 0.0300. The van der Waals surface area contributed by atoms with Gasteiger partial charge in [-0.15, -0.1) is 0 Å². The molecule has 2 aliphatic heterocycles. The largest absolute Gasteiger partial charge is 0.371 e. The summed E-state index contributed by atoms with van der Waals surface area (Å²) in [5.41, 5.74) is 0.0221.